The number of rotatable bonds is 25. The number of carbonyl (C=O) groups is 7. The molecule has 1 unspecified atom stereocenters. The van der Waals surface area contributed by atoms with Gasteiger partial charge in [-0.05, 0) is 118 Å². The smallest absolute Gasteiger partial charge is 0.266 e. The number of nitrogens with zero attached hydrogens (tertiary/aromatic N) is 4. The van der Waals surface area contributed by atoms with Gasteiger partial charge in [0.05, 0.1) is 30.9 Å². The number of benzene rings is 3. The average Bonchev–Trinajstić information content (AvgIpc) is 4.00. The summed E-state index contributed by atoms with van der Waals surface area (Å²) >= 11 is 0. The molecule has 1 aromatic heterocycles. The van der Waals surface area contributed by atoms with Gasteiger partial charge in [0.2, 0.25) is 23.6 Å². The van der Waals surface area contributed by atoms with Crippen LogP contribution >= 0.6 is 0 Å². The van der Waals surface area contributed by atoms with Crippen LogP contribution < -0.4 is 31.1 Å². The van der Waals surface area contributed by atoms with Crippen LogP contribution in [-0.2, 0) is 37.0 Å². The Bertz CT molecular complexity index is 2920. The second kappa shape index (κ2) is 27.6. The number of hydrogen-bond acceptors (Lipinski definition) is 12. The Kier molecular flexibility index (Phi) is 20.3. The van der Waals surface area contributed by atoms with Gasteiger partial charge in [0.25, 0.3) is 23.3 Å². The molecule has 3 fully saturated rings. The fourth-order valence-corrected chi connectivity index (χ4v) is 11.5. The number of aryl methyl sites for hydroxylation is 2. The molecule has 79 heavy (non-hydrogen) atoms. The van der Waals surface area contributed by atoms with E-state index in [1.807, 2.05) is 37.8 Å². The molecule has 3 saturated heterocycles. The van der Waals surface area contributed by atoms with Gasteiger partial charge in [-0.15, -0.1) is 0 Å². The Hall–Kier alpha value is -7.18. The van der Waals surface area contributed by atoms with E-state index in [-0.39, 0.29) is 78.7 Å². The first kappa shape index (κ1) is 58.0. The summed E-state index contributed by atoms with van der Waals surface area (Å²) in [4.78, 5) is 114. The summed E-state index contributed by atoms with van der Waals surface area (Å²) in [5, 5.41) is 8.11. The standard InChI is InChI=1S/C61H78N8O10/c1-5-68(51-37-45(44-21-19-43(20-22-44)39-66-30-33-78-34-31-66)36-48(42(51)4)57(73)63-38-49-40(2)35-41(3)64-58(49)74)46-25-28-67(29-26-46)55(72)18-13-11-9-7-6-8-10-12-17-53(70)62-27-32-79-52-16-14-15-47-56(52)61(77)69(60(47)76)50-23-24-54(71)65-59(50)75/h14-16,19-22,35-37,46,50H,5-13,17-18,23-34,38-39H2,1-4H3,(H,62,70)(H,63,73)(H,64,74)(H,65,71,75). The highest BCUT2D eigenvalue weighted by molar-refractivity contribution is 6.24. The number of nitrogens with one attached hydrogen (secondary N) is 4. The van der Waals surface area contributed by atoms with Crippen LogP contribution in [0.4, 0.5) is 5.69 Å². The summed E-state index contributed by atoms with van der Waals surface area (Å²) in [5.74, 6) is -2.30. The molecule has 0 radical (unpaired) electrons. The molecule has 7 amide bonds. The number of imide groups is 2. The number of morpholine rings is 1. The molecule has 4 N–H and O–H groups in total. The number of carbonyl (C=O) groups excluding carboxylic acids is 7. The number of fused-ring (bicyclic) bond motifs is 1. The van der Waals surface area contributed by atoms with Gasteiger partial charge in [-0.25, -0.2) is 0 Å². The third-order valence-corrected chi connectivity index (χ3v) is 15.9. The molecular weight excluding hydrogens is 1000 g/mol. The first-order valence-electron chi connectivity index (χ1n) is 28.5. The monoisotopic (exact) mass is 1080 g/mol. The maximum Gasteiger partial charge on any atom is 0.266 e. The van der Waals surface area contributed by atoms with E-state index in [0.717, 1.165) is 142 Å². The average molecular weight is 1080 g/mol. The molecule has 18 heteroatoms. The van der Waals surface area contributed by atoms with E-state index in [1.165, 1.54) is 11.6 Å². The molecule has 8 rings (SSSR count). The summed E-state index contributed by atoms with van der Waals surface area (Å²) in [6.45, 7) is 14.6. The molecule has 18 nitrogen and oxygen atoms in total. The maximum absolute atomic E-state index is 14.2. The number of likely N-dealkylation sites (tertiary alicyclic amines) is 1. The number of piperidine rings is 2. The molecular formula is C61H78N8O10. The molecule has 0 aliphatic carbocycles. The van der Waals surface area contributed by atoms with E-state index < -0.39 is 29.7 Å². The second-order valence-corrected chi connectivity index (χ2v) is 21.4. The predicted octanol–water partition coefficient (Wildman–Crippen LogP) is 7.04. The number of aromatic amines is 1. The van der Waals surface area contributed by atoms with Gasteiger partial charge in [-0.2, -0.15) is 0 Å². The normalized spacial score (nSPS) is 16.9. The van der Waals surface area contributed by atoms with Crippen molar-refractivity contribution in [1.82, 2.24) is 35.6 Å². The van der Waals surface area contributed by atoms with Crippen molar-refractivity contribution in [2.45, 2.75) is 143 Å². The highest BCUT2D eigenvalue weighted by Crippen LogP contribution is 2.36. The van der Waals surface area contributed by atoms with Gasteiger partial charge in [0.15, 0.2) is 0 Å². The van der Waals surface area contributed by atoms with Gasteiger partial charge < -0.3 is 34.9 Å². The Morgan fingerprint density at radius 1 is 0.772 bits per heavy atom. The van der Waals surface area contributed by atoms with Gasteiger partial charge in [0.1, 0.15) is 18.4 Å². The largest absolute Gasteiger partial charge is 0.491 e. The number of ether oxygens (including phenoxy) is 2. The minimum Gasteiger partial charge on any atom is -0.491 e. The summed E-state index contributed by atoms with van der Waals surface area (Å²) < 4.78 is 11.4. The van der Waals surface area contributed by atoms with Crippen LogP contribution in [0.5, 0.6) is 5.75 Å². The predicted molar refractivity (Wildman–Crippen MR) is 301 cm³/mol. The first-order valence-corrected chi connectivity index (χ1v) is 28.5. The lowest BCUT2D eigenvalue weighted by molar-refractivity contribution is -0.136. The van der Waals surface area contributed by atoms with Crippen molar-refractivity contribution in [3.63, 3.8) is 0 Å². The van der Waals surface area contributed by atoms with Crippen molar-refractivity contribution >= 4 is 47.0 Å². The molecule has 5 heterocycles. The van der Waals surface area contributed by atoms with Crippen LogP contribution in [-0.4, -0.2) is 132 Å². The van der Waals surface area contributed by atoms with Crippen LogP contribution in [0.2, 0.25) is 0 Å². The lowest BCUT2D eigenvalue weighted by Crippen LogP contribution is -2.54. The zero-order valence-electron chi connectivity index (χ0n) is 46.5. The molecule has 3 aromatic carbocycles. The van der Waals surface area contributed by atoms with Crippen LogP contribution in [0.15, 0.2) is 65.5 Å². The van der Waals surface area contributed by atoms with E-state index in [4.69, 9.17) is 9.47 Å². The number of pyridine rings is 1. The van der Waals surface area contributed by atoms with Gasteiger partial charge in [-0.3, -0.25) is 53.5 Å². The first-order chi connectivity index (χ1) is 38.2. The number of aromatic nitrogens is 1. The quantitative estimate of drug-likeness (QED) is 0.0388. The van der Waals surface area contributed by atoms with Crippen LogP contribution in [0, 0.1) is 20.8 Å². The maximum atomic E-state index is 14.2. The van der Waals surface area contributed by atoms with E-state index in [2.05, 4.69) is 68.0 Å². The van der Waals surface area contributed by atoms with Crippen LogP contribution in [0.3, 0.4) is 0 Å². The third kappa shape index (κ3) is 14.7. The van der Waals surface area contributed by atoms with Crippen LogP contribution in [0.25, 0.3) is 11.1 Å². The SMILES string of the molecule is CCN(c1cc(-c2ccc(CN3CCOCC3)cc2)cc(C(=O)NCc2c(C)cc(C)[nH]c2=O)c1C)C1CCN(C(=O)CCCCCCCCCCC(=O)NCCOc2cccc3c2C(=O)N(C2CCC(=O)NC2=O)C3=O)CC1. The molecule has 422 valence electrons. The van der Waals surface area contributed by atoms with Crippen LogP contribution in [0.1, 0.15) is 156 Å². The number of H-pyrrole nitrogens is 1. The lowest BCUT2D eigenvalue weighted by Gasteiger charge is -2.40. The summed E-state index contributed by atoms with van der Waals surface area (Å²) in [5.41, 5.74) is 7.78. The summed E-state index contributed by atoms with van der Waals surface area (Å²) in [6.07, 6.45) is 10.5. The number of anilines is 1. The molecule has 0 bridgehead atoms. The van der Waals surface area contributed by atoms with Crippen molar-refractivity contribution in [3.05, 3.63) is 116 Å². The number of unbranched alkanes of at least 4 members (excludes halogenated alkanes) is 7. The Labute approximate surface area is 463 Å². The van der Waals surface area contributed by atoms with Gasteiger partial charge in [-0.1, -0.05) is 68.9 Å². The Morgan fingerprint density at radius 2 is 1.47 bits per heavy atom. The van der Waals surface area contributed by atoms with Crippen molar-refractivity contribution < 1.29 is 43.0 Å². The van der Waals surface area contributed by atoms with Crippen molar-refractivity contribution in [1.29, 1.82) is 0 Å². The summed E-state index contributed by atoms with van der Waals surface area (Å²) in [7, 11) is 0. The van der Waals surface area contributed by atoms with E-state index in [0.29, 0.717) is 37.1 Å². The van der Waals surface area contributed by atoms with Gasteiger partial charge in [0, 0.05) is 93.6 Å². The van der Waals surface area contributed by atoms with Crippen molar-refractivity contribution in [3.8, 4) is 16.9 Å². The molecule has 4 aliphatic heterocycles. The summed E-state index contributed by atoms with van der Waals surface area (Å²) in [6, 6.07) is 18.5. The van der Waals surface area contributed by atoms with Gasteiger partial charge >= 0.3 is 0 Å². The highest BCUT2D eigenvalue weighted by atomic mass is 16.5. The highest BCUT2D eigenvalue weighted by Gasteiger charge is 2.46. The van der Waals surface area contributed by atoms with E-state index in [1.54, 1.807) is 12.1 Å². The third-order valence-electron chi connectivity index (χ3n) is 15.9. The zero-order chi connectivity index (χ0) is 56.0. The van der Waals surface area contributed by atoms with Crippen molar-refractivity contribution in [2.75, 3.05) is 64.0 Å². The topological polar surface area (TPSA) is 220 Å². The van der Waals surface area contributed by atoms with E-state index >= 15 is 0 Å². The minimum atomic E-state index is -1.07. The Morgan fingerprint density at radius 3 is 2.15 bits per heavy atom. The minimum absolute atomic E-state index is 0.0322. The fourth-order valence-electron chi connectivity index (χ4n) is 11.5. The lowest BCUT2D eigenvalue weighted by atomic mass is 9.94. The molecule has 1 atom stereocenters. The fraction of sp³-hybridized carbons (Fsp3) is 0.508. The Balaban J connectivity index is 0.734. The van der Waals surface area contributed by atoms with E-state index in [9.17, 15) is 38.4 Å². The number of amides is 7. The number of hydrogen-bond donors (Lipinski definition) is 4. The second-order valence-electron chi connectivity index (χ2n) is 21.4. The molecule has 4 aromatic rings. The molecule has 0 saturated carbocycles. The molecule has 0 spiro atoms. The van der Waals surface area contributed by atoms with Crippen molar-refractivity contribution in [2.24, 2.45) is 0 Å². The molecule has 4 aliphatic rings. The zero-order valence-corrected chi connectivity index (χ0v) is 46.5.